The number of aryl methyl sites for hydroxylation is 1. The molecule has 0 spiro atoms. The Kier molecular flexibility index (Phi) is 10.5. The second kappa shape index (κ2) is 12.1. The molecule has 212 valence electrons. The Morgan fingerprint density at radius 3 is 2.14 bits per heavy atom. The van der Waals surface area contributed by atoms with E-state index in [0.717, 1.165) is 12.2 Å². The fraction of sp³-hybridized carbons (Fsp3) is 0.781. The molecule has 1 heterocycles. The van der Waals surface area contributed by atoms with E-state index >= 15 is 0 Å². The summed E-state index contributed by atoms with van der Waals surface area (Å²) in [5, 5.41) is 1.41. The van der Waals surface area contributed by atoms with Gasteiger partial charge in [0, 0.05) is 18.8 Å². The molecule has 0 bridgehead atoms. The smallest absolute Gasteiger partial charge is 0.200 e. The summed E-state index contributed by atoms with van der Waals surface area (Å²) in [7, 11) is -3.69. The standard InChI is InChI=1S/C32H58O3Si2/c1-21(2)37(22(3)4,23(5)6)34-16-15-25(8)28-17-24(7)18-30(33)29(28)20-27-19-26(9)31(35-27)36(13,14)32(10,11)12/h15,19,21-24,28-29H,16-18,20H2,1-14H3/t24-,28+,29+/m1/s1. The van der Waals surface area contributed by atoms with Crippen molar-refractivity contribution in [2.45, 2.75) is 137 Å². The highest BCUT2D eigenvalue weighted by molar-refractivity contribution is 6.91. The lowest BCUT2D eigenvalue weighted by Gasteiger charge is -2.42. The molecule has 1 aliphatic carbocycles. The van der Waals surface area contributed by atoms with Crippen molar-refractivity contribution < 1.29 is 13.6 Å². The third-order valence-electron chi connectivity index (χ3n) is 9.97. The molecular weight excluding hydrogens is 489 g/mol. The van der Waals surface area contributed by atoms with Gasteiger partial charge in [-0.1, -0.05) is 94.0 Å². The molecule has 0 aliphatic heterocycles. The van der Waals surface area contributed by atoms with Crippen LogP contribution in [0.3, 0.4) is 0 Å². The molecule has 0 saturated heterocycles. The van der Waals surface area contributed by atoms with Gasteiger partial charge in [-0.2, -0.15) is 0 Å². The summed E-state index contributed by atoms with van der Waals surface area (Å²) in [6.07, 6.45) is 4.76. The van der Waals surface area contributed by atoms with E-state index in [9.17, 15) is 4.79 Å². The molecule has 1 aliphatic rings. The van der Waals surface area contributed by atoms with Crippen LogP contribution >= 0.6 is 0 Å². The summed E-state index contributed by atoms with van der Waals surface area (Å²) >= 11 is 0. The Hall–Kier alpha value is -0.916. The van der Waals surface area contributed by atoms with Crippen molar-refractivity contribution in [1.29, 1.82) is 0 Å². The third kappa shape index (κ3) is 6.81. The minimum absolute atomic E-state index is 0.00689. The summed E-state index contributed by atoms with van der Waals surface area (Å²) < 4.78 is 13.4. The van der Waals surface area contributed by atoms with Crippen LogP contribution in [0, 0.1) is 24.7 Å². The second-order valence-electron chi connectivity index (χ2n) is 14.6. The monoisotopic (exact) mass is 546 g/mol. The van der Waals surface area contributed by atoms with E-state index in [1.165, 1.54) is 16.5 Å². The van der Waals surface area contributed by atoms with Crippen molar-refractivity contribution in [1.82, 2.24) is 0 Å². The lowest BCUT2D eigenvalue weighted by molar-refractivity contribution is -0.127. The SMILES string of the molecule is CC(=CCO[Si](C(C)C)(C(C)C)C(C)C)[C@@H]1C[C@@H](C)CC(=O)[C@H]1Cc1cc(C)c([Si](C)(C)C(C)(C)C)o1. The number of rotatable bonds is 10. The Balaban J connectivity index is 2.31. The lowest BCUT2D eigenvalue weighted by atomic mass is 9.69. The topological polar surface area (TPSA) is 39.4 Å². The number of carbonyl (C=O) groups is 1. The molecule has 1 fully saturated rings. The molecule has 0 amide bonds. The Morgan fingerprint density at radius 1 is 1.11 bits per heavy atom. The van der Waals surface area contributed by atoms with Crippen LogP contribution in [0.25, 0.3) is 0 Å². The molecule has 1 aromatic rings. The van der Waals surface area contributed by atoms with E-state index < -0.39 is 16.4 Å². The number of hydrogen-bond donors (Lipinski definition) is 0. The number of allylic oxidation sites excluding steroid dienone is 1. The summed E-state index contributed by atoms with van der Waals surface area (Å²) in [6.45, 7) is 33.1. The van der Waals surface area contributed by atoms with Crippen LogP contribution in [0.4, 0.5) is 0 Å². The maximum atomic E-state index is 13.4. The maximum Gasteiger partial charge on any atom is 0.200 e. The molecule has 0 N–H and O–H groups in total. The Bertz CT molecular complexity index is 924. The Morgan fingerprint density at radius 2 is 1.65 bits per heavy atom. The minimum Gasteiger partial charge on any atom is -0.471 e. The summed E-state index contributed by atoms with van der Waals surface area (Å²) in [5.41, 5.74) is 4.29. The molecular formula is C32H58O3Si2. The highest BCUT2D eigenvalue weighted by Gasteiger charge is 2.45. The first-order chi connectivity index (χ1) is 16.9. The van der Waals surface area contributed by atoms with Gasteiger partial charge < -0.3 is 8.84 Å². The molecule has 0 aromatic carbocycles. The van der Waals surface area contributed by atoms with Crippen LogP contribution in [0.2, 0.25) is 34.8 Å². The van der Waals surface area contributed by atoms with Gasteiger partial charge in [0.1, 0.15) is 19.6 Å². The molecule has 0 unspecified atom stereocenters. The first-order valence-electron chi connectivity index (χ1n) is 14.8. The molecule has 3 nitrogen and oxygen atoms in total. The third-order valence-corrected chi connectivity index (χ3v) is 21.4. The van der Waals surface area contributed by atoms with Crippen molar-refractivity contribution in [2.24, 2.45) is 17.8 Å². The van der Waals surface area contributed by atoms with Crippen molar-refractivity contribution in [3.05, 3.63) is 29.0 Å². The van der Waals surface area contributed by atoms with Gasteiger partial charge in [-0.15, -0.1) is 0 Å². The summed E-state index contributed by atoms with van der Waals surface area (Å²) in [5.74, 6) is 2.07. The molecule has 1 saturated carbocycles. The average molecular weight is 547 g/mol. The zero-order valence-electron chi connectivity index (χ0n) is 26.7. The van der Waals surface area contributed by atoms with Crippen LogP contribution in [0.1, 0.15) is 100 Å². The van der Waals surface area contributed by atoms with Crippen LogP contribution in [-0.2, 0) is 15.6 Å². The number of furan rings is 1. The van der Waals surface area contributed by atoms with Crippen LogP contribution in [-0.4, -0.2) is 28.8 Å². The zero-order chi connectivity index (χ0) is 28.5. The van der Waals surface area contributed by atoms with E-state index in [4.69, 9.17) is 8.84 Å². The van der Waals surface area contributed by atoms with Gasteiger partial charge in [-0.25, -0.2) is 0 Å². The summed E-state index contributed by atoms with van der Waals surface area (Å²) in [6, 6.07) is 2.22. The van der Waals surface area contributed by atoms with E-state index in [1.807, 2.05) is 0 Å². The highest BCUT2D eigenvalue weighted by atomic mass is 28.4. The van der Waals surface area contributed by atoms with Gasteiger partial charge in [0.2, 0.25) is 8.32 Å². The van der Waals surface area contributed by atoms with Crippen LogP contribution in [0.5, 0.6) is 0 Å². The van der Waals surface area contributed by atoms with Crippen LogP contribution < -0.4 is 5.38 Å². The van der Waals surface area contributed by atoms with Gasteiger partial charge in [-0.05, 0) is 65.4 Å². The molecule has 3 atom stereocenters. The van der Waals surface area contributed by atoms with E-state index in [1.54, 1.807) is 0 Å². The minimum atomic E-state index is -1.91. The van der Waals surface area contributed by atoms with E-state index in [-0.39, 0.29) is 16.9 Å². The zero-order valence-corrected chi connectivity index (χ0v) is 28.7. The first kappa shape index (κ1) is 32.3. The largest absolute Gasteiger partial charge is 0.471 e. The molecule has 5 heteroatoms. The van der Waals surface area contributed by atoms with Gasteiger partial charge >= 0.3 is 0 Å². The van der Waals surface area contributed by atoms with Crippen molar-refractivity contribution in [3.8, 4) is 0 Å². The lowest BCUT2D eigenvalue weighted by Crippen LogP contribution is -2.49. The Labute approximate surface area is 231 Å². The molecule has 2 rings (SSSR count). The van der Waals surface area contributed by atoms with E-state index in [0.29, 0.717) is 47.8 Å². The number of carbonyl (C=O) groups excluding carboxylic acids is 1. The fourth-order valence-electron chi connectivity index (χ4n) is 6.95. The molecule has 37 heavy (non-hydrogen) atoms. The number of hydrogen-bond acceptors (Lipinski definition) is 3. The van der Waals surface area contributed by atoms with Crippen LogP contribution in [0.15, 0.2) is 22.1 Å². The van der Waals surface area contributed by atoms with E-state index in [2.05, 4.69) is 108 Å². The average Bonchev–Trinajstić information content (AvgIpc) is 3.11. The predicted molar refractivity (Wildman–Crippen MR) is 165 cm³/mol. The fourth-order valence-corrected chi connectivity index (χ4v) is 14.5. The predicted octanol–water partition coefficient (Wildman–Crippen LogP) is 9.22. The van der Waals surface area contributed by atoms with Gasteiger partial charge in [0.15, 0.2) is 0 Å². The van der Waals surface area contributed by atoms with Crippen molar-refractivity contribution >= 4 is 27.6 Å². The van der Waals surface area contributed by atoms with Crippen molar-refractivity contribution in [2.75, 3.05) is 6.61 Å². The normalized spacial score (nSPS) is 22.6. The molecule has 0 radical (unpaired) electrons. The quantitative estimate of drug-likeness (QED) is 0.217. The maximum absolute atomic E-state index is 13.4. The summed E-state index contributed by atoms with van der Waals surface area (Å²) in [4.78, 5) is 13.4. The van der Waals surface area contributed by atoms with Gasteiger partial charge in [0.25, 0.3) is 0 Å². The molecule has 1 aromatic heterocycles. The number of Topliss-reactive ketones (excluding diaryl/α,β-unsaturated/α-hetero) is 1. The highest BCUT2D eigenvalue weighted by Crippen LogP contribution is 2.43. The first-order valence-corrected chi connectivity index (χ1v) is 19.9. The van der Waals surface area contributed by atoms with Crippen molar-refractivity contribution in [3.63, 3.8) is 0 Å². The van der Waals surface area contributed by atoms with Gasteiger partial charge in [0.05, 0.1) is 12.0 Å². The second-order valence-corrected chi connectivity index (χ2v) is 25.3. The number of ketones is 1. The van der Waals surface area contributed by atoms with Gasteiger partial charge in [-0.3, -0.25) is 4.79 Å².